The molecule has 0 aliphatic heterocycles. The predicted octanol–water partition coefficient (Wildman–Crippen LogP) is 8.36. The van der Waals surface area contributed by atoms with Crippen molar-refractivity contribution in [3.63, 3.8) is 0 Å². The topological polar surface area (TPSA) is 230 Å². The van der Waals surface area contributed by atoms with Crippen molar-refractivity contribution < 1.29 is 68.2 Å². The minimum atomic E-state index is -5.19. The summed E-state index contributed by atoms with van der Waals surface area (Å²) in [6.07, 6.45) is 38.4. The molecule has 0 bridgehead atoms. The quantitative estimate of drug-likeness (QED) is 0.0103. The van der Waals surface area contributed by atoms with E-state index in [1.807, 2.05) is 12.2 Å². The molecule has 1 aliphatic rings. The van der Waals surface area contributed by atoms with Gasteiger partial charge in [-0.3, -0.25) is 18.6 Å². The number of phosphoric ester groups is 1. The van der Waals surface area contributed by atoms with Gasteiger partial charge in [-0.25, -0.2) is 4.57 Å². The summed E-state index contributed by atoms with van der Waals surface area (Å²) in [6, 6.07) is 0. The highest BCUT2D eigenvalue weighted by molar-refractivity contribution is 7.47. The molecule has 0 amide bonds. The highest BCUT2D eigenvalue weighted by Crippen LogP contribution is 2.47. The Balaban J connectivity index is 2.58. The van der Waals surface area contributed by atoms with Gasteiger partial charge in [0.05, 0.1) is 12.7 Å². The first-order chi connectivity index (χ1) is 31.8. The summed E-state index contributed by atoms with van der Waals surface area (Å²) in [5.41, 5.74) is 0. The Bertz CT molecular complexity index is 1630. The van der Waals surface area contributed by atoms with Crippen molar-refractivity contribution in [1.82, 2.24) is 0 Å². The average Bonchev–Trinajstić information content (AvgIpc) is 3.29. The first kappa shape index (κ1) is 60.2. The van der Waals surface area contributed by atoms with Gasteiger partial charge in [0.2, 0.25) is 0 Å². The van der Waals surface area contributed by atoms with Gasteiger partial charge < -0.3 is 45.0 Å². The van der Waals surface area contributed by atoms with Gasteiger partial charge in [-0.15, -0.1) is 0 Å². The number of allylic oxidation sites excluding steroid dienone is 19. The van der Waals surface area contributed by atoms with Crippen molar-refractivity contribution in [3.05, 3.63) is 122 Å². The van der Waals surface area contributed by atoms with Crippen LogP contribution in [0.3, 0.4) is 0 Å². The molecule has 0 aromatic rings. The van der Waals surface area contributed by atoms with Gasteiger partial charge in [-0.2, -0.15) is 0 Å². The molecule has 14 nitrogen and oxygen atoms in total. The van der Waals surface area contributed by atoms with E-state index in [2.05, 4.69) is 111 Å². The van der Waals surface area contributed by atoms with Gasteiger partial charge in [0.1, 0.15) is 43.2 Å². The number of carbonyl (C=O) groups excluding carboxylic acids is 2. The third-order valence-corrected chi connectivity index (χ3v) is 10.9. The summed E-state index contributed by atoms with van der Waals surface area (Å²) in [7, 11) is -5.19. The fraction of sp³-hybridized carbons (Fsp3) is 0.569. The number of carbonyl (C=O) groups is 2. The van der Waals surface area contributed by atoms with E-state index in [1.165, 1.54) is 0 Å². The second-order valence-corrected chi connectivity index (χ2v) is 17.1. The SMILES string of the molecule is CC/C=C\C/C=C\C/C=C\C/C=C\C=C\C(O)CCCC(=O)O[C@H](COC(=O)CCCCC/C=C\C/C=C\C/C=C\C/C=C\C/C=C\CC)COP(=O)(O)OC1[C@H](O)[C@H](O)C(O)[C@H](O)[C@H]1O. The molecule has 0 aromatic heterocycles. The molecule has 66 heavy (non-hydrogen) atoms. The smallest absolute Gasteiger partial charge is 0.462 e. The van der Waals surface area contributed by atoms with E-state index in [1.54, 1.807) is 12.2 Å². The molecule has 372 valence electrons. The summed E-state index contributed by atoms with van der Waals surface area (Å²) in [5.74, 6) is -1.36. The summed E-state index contributed by atoms with van der Waals surface area (Å²) in [4.78, 5) is 35.8. The van der Waals surface area contributed by atoms with E-state index in [4.69, 9.17) is 18.5 Å². The van der Waals surface area contributed by atoms with Gasteiger partial charge in [0, 0.05) is 12.8 Å². The van der Waals surface area contributed by atoms with Gasteiger partial charge in [0.15, 0.2) is 6.10 Å². The third kappa shape index (κ3) is 31.2. The maximum atomic E-state index is 12.8. The normalized spacial score (nSPS) is 22.9. The molecule has 0 spiro atoms. The molecule has 9 atom stereocenters. The van der Waals surface area contributed by atoms with E-state index in [0.717, 1.165) is 77.0 Å². The molecule has 1 aliphatic carbocycles. The Morgan fingerprint density at radius 2 is 1.00 bits per heavy atom. The summed E-state index contributed by atoms with van der Waals surface area (Å²) in [5, 5.41) is 60.5. The number of hydrogen-bond acceptors (Lipinski definition) is 13. The predicted molar refractivity (Wildman–Crippen MR) is 259 cm³/mol. The molecule has 4 unspecified atom stereocenters. The lowest BCUT2D eigenvalue weighted by Crippen LogP contribution is -2.64. The Hall–Kier alpha value is -3.79. The molecule has 1 saturated carbocycles. The number of aliphatic hydroxyl groups is 6. The monoisotopic (exact) mass is 947 g/mol. The number of rotatable bonds is 36. The van der Waals surface area contributed by atoms with E-state index in [0.29, 0.717) is 6.42 Å². The van der Waals surface area contributed by atoms with Crippen LogP contribution in [-0.2, 0) is 32.7 Å². The zero-order valence-electron chi connectivity index (χ0n) is 39.0. The van der Waals surface area contributed by atoms with Crippen molar-refractivity contribution in [1.29, 1.82) is 0 Å². The molecule has 15 heteroatoms. The second kappa shape index (κ2) is 39.2. The minimum absolute atomic E-state index is 0.0784. The van der Waals surface area contributed by atoms with Crippen molar-refractivity contribution in [2.75, 3.05) is 13.2 Å². The lowest BCUT2D eigenvalue weighted by Gasteiger charge is -2.41. The van der Waals surface area contributed by atoms with Crippen molar-refractivity contribution >= 4 is 19.8 Å². The van der Waals surface area contributed by atoms with Crippen LogP contribution in [0.5, 0.6) is 0 Å². The fourth-order valence-electron chi connectivity index (χ4n) is 6.16. The minimum Gasteiger partial charge on any atom is -0.462 e. The molecule has 1 rings (SSSR count). The molecule has 0 heterocycles. The first-order valence-electron chi connectivity index (χ1n) is 23.4. The fourth-order valence-corrected chi connectivity index (χ4v) is 7.14. The van der Waals surface area contributed by atoms with E-state index in [-0.39, 0.29) is 25.7 Å². The highest BCUT2D eigenvalue weighted by Gasteiger charge is 2.51. The van der Waals surface area contributed by atoms with Crippen LogP contribution in [0.4, 0.5) is 0 Å². The number of esters is 2. The van der Waals surface area contributed by atoms with Crippen LogP contribution >= 0.6 is 7.82 Å². The maximum absolute atomic E-state index is 12.8. The second-order valence-electron chi connectivity index (χ2n) is 15.7. The van der Waals surface area contributed by atoms with Crippen LogP contribution in [0.15, 0.2) is 122 Å². The third-order valence-electron chi connectivity index (χ3n) is 9.90. The van der Waals surface area contributed by atoms with Gasteiger partial charge in [-0.1, -0.05) is 142 Å². The molecule has 1 fully saturated rings. The van der Waals surface area contributed by atoms with Crippen LogP contribution in [-0.4, -0.2) is 110 Å². The summed E-state index contributed by atoms with van der Waals surface area (Å²) < 4.78 is 33.4. The van der Waals surface area contributed by atoms with Crippen LogP contribution in [0.25, 0.3) is 0 Å². The standard InChI is InChI=1S/C51H79O14P/c1-3-5-7-9-11-13-15-17-18-19-20-21-22-24-26-28-30-32-34-38-44(53)62-40-43(41-63-66(60,61)65-51-49(58)47(56)46(55)48(57)50(51)59)64-45(54)39-35-37-42(52)36-33-31-29-27-25-23-16-14-12-10-8-6-4-2/h5-8,11-14,17-18,20-21,23-26,29,31,33,36,42-43,46-52,55-59H,3-4,9-10,15-16,19,22,27-28,30,32,34-35,37-41H2,1-2H3,(H,60,61)/b7-5-,8-6-,13-11-,14-12-,18-17-,21-20-,25-23-,26-24-,31-29-,36-33+/t42?,43-,46?,47-,48+,49-,50-,51?/m1/s1. The van der Waals surface area contributed by atoms with Gasteiger partial charge in [-0.05, 0) is 89.9 Å². The number of hydrogen-bond donors (Lipinski definition) is 7. The Kier molecular flexibility index (Phi) is 35.8. The molecule has 0 saturated heterocycles. The number of phosphoric acid groups is 1. The summed E-state index contributed by atoms with van der Waals surface area (Å²) >= 11 is 0. The zero-order valence-corrected chi connectivity index (χ0v) is 39.9. The first-order valence-corrected chi connectivity index (χ1v) is 24.9. The van der Waals surface area contributed by atoms with Crippen molar-refractivity contribution in [2.24, 2.45) is 0 Å². The molecular weight excluding hydrogens is 868 g/mol. The van der Waals surface area contributed by atoms with Crippen molar-refractivity contribution in [3.8, 4) is 0 Å². The van der Waals surface area contributed by atoms with Gasteiger partial charge >= 0.3 is 19.8 Å². The maximum Gasteiger partial charge on any atom is 0.472 e. The van der Waals surface area contributed by atoms with Crippen LogP contribution in [0.2, 0.25) is 0 Å². The lowest BCUT2D eigenvalue weighted by molar-refractivity contribution is -0.220. The number of aliphatic hydroxyl groups excluding tert-OH is 6. The van der Waals surface area contributed by atoms with E-state index >= 15 is 0 Å². The highest BCUT2D eigenvalue weighted by atomic mass is 31.2. The van der Waals surface area contributed by atoms with E-state index in [9.17, 15) is 49.7 Å². The average molecular weight is 947 g/mol. The lowest BCUT2D eigenvalue weighted by atomic mass is 9.85. The van der Waals surface area contributed by atoms with Gasteiger partial charge in [0.25, 0.3) is 0 Å². The van der Waals surface area contributed by atoms with E-state index < -0.39 is 81.8 Å². The Morgan fingerprint density at radius 1 is 0.545 bits per heavy atom. The molecular formula is C51H79O14P. The largest absolute Gasteiger partial charge is 0.472 e. The van der Waals surface area contributed by atoms with Crippen molar-refractivity contribution in [2.45, 2.75) is 172 Å². The molecule has 7 N–H and O–H groups in total. The zero-order chi connectivity index (χ0) is 48.7. The van der Waals surface area contributed by atoms with Crippen LogP contribution in [0.1, 0.15) is 123 Å². The summed E-state index contributed by atoms with van der Waals surface area (Å²) in [6.45, 7) is 2.86. The molecule has 0 aromatic carbocycles. The molecule has 0 radical (unpaired) electrons. The number of ether oxygens (including phenoxy) is 2. The Morgan fingerprint density at radius 3 is 1.52 bits per heavy atom. The van der Waals surface area contributed by atoms with Crippen LogP contribution < -0.4 is 0 Å². The Labute approximate surface area is 393 Å². The number of unbranched alkanes of at least 4 members (excludes halogenated alkanes) is 3. The van der Waals surface area contributed by atoms with Crippen LogP contribution in [0, 0.1) is 0 Å².